The summed E-state index contributed by atoms with van der Waals surface area (Å²) in [4.78, 5) is 0. The fraction of sp³-hybridized carbons (Fsp3) is 1.00. The van der Waals surface area contributed by atoms with E-state index in [1.165, 1.54) is 0 Å². The van der Waals surface area contributed by atoms with Crippen LogP contribution in [0.4, 0.5) is 0 Å². The average Bonchev–Trinajstić information content (AvgIpc) is 2.11. The van der Waals surface area contributed by atoms with Crippen molar-refractivity contribution in [3.63, 3.8) is 0 Å². The molecule has 2 N–H and O–H groups in total. The fourth-order valence-electron chi connectivity index (χ4n) is 1.96. The lowest BCUT2D eigenvalue weighted by atomic mass is 9.89. The first kappa shape index (κ1) is 11.0. The van der Waals surface area contributed by atoms with Crippen LogP contribution in [0.1, 0.15) is 33.1 Å². The largest absolute Gasteiger partial charge is 0.394 e. The molecule has 1 heterocycles. The van der Waals surface area contributed by atoms with E-state index in [2.05, 4.69) is 6.92 Å². The summed E-state index contributed by atoms with van der Waals surface area (Å²) in [5.41, 5.74) is 0. The minimum atomic E-state index is -0.502. The topological polar surface area (TPSA) is 49.7 Å². The van der Waals surface area contributed by atoms with E-state index in [-0.39, 0.29) is 24.7 Å². The summed E-state index contributed by atoms with van der Waals surface area (Å²) >= 11 is 0. The van der Waals surface area contributed by atoms with Gasteiger partial charge in [0.2, 0.25) is 0 Å². The SMILES string of the molecule is CCCC1CC(C)C(O)C(CO)O1. The molecule has 0 aliphatic carbocycles. The molecule has 3 heteroatoms. The summed E-state index contributed by atoms with van der Waals surface area (Å²) in [5, 5.41) is 18.6. The predicted molar refractivity (Wildman–Crippen MR) is 50.4 cm³/mol. The van der Waals surface area contributed by atoms with E-state index in [0.717, 1.165) is 19.3 Å². The summed E-state index contributed by atoms with van der Waals surface area (Å²) in [7, 11) is 0. The van der Waals surface area contributed by atoms with Crippen molar-refractivity contribution in [3.8, 4) is 0 Å². The zero-order valence-electron chi connectivity index (χ0n) is 8.44. The molecule has 1 fully saturated rings. The van der Waals surface area contributed by atoms with Gasteiger partial charge in [0.05, 0.1) is 18.8 Å². The molecule has 0 bridgehead atoms. The van der Waals surface area contributed by atoms with Crippen LogP contribution in [0.3, 0.4) is 0 Å². The van der Waals surface area contributed by atoms with Crippen molar-refractivity contribution in [2.24, 2.45) is 5.92 Å². The third-order valence-corrected chi connectivity index (χ3v) is 2.76. The maximum absolute atomic E-state index is 9.64. The molecule has 78 valence electrons. The minimum Gasteiger partial charge on any atom is -0.394 e. The van der Waals surface area contributed by atoms with E-state index in [9.17, 15) is 5.11 Å². The summed E-state index contributed by atoms with van der Waals surface area (Å²) in [6.07, 6.45) is 2.36. The molecular weight excluding hydrogens is 168 g/mol. The van der Waals surface area contributed by atoms with Crippen LogP contribution in [0.15, 0.2) is 0 Å². The summed E-state index contributed by atoms with van der Waals surface area (Å²) < 4.78 is 5.56. The predicted octanol–water partition coefficient (Wildman–Crippen LogP) is 0.933. The van der Waals surface area contributed by atoms with Crippen LogP contribution >= 0.6 is 0 Å². The lowest BCUT2D eigenvalue weighted by Crippen LogP contribution is -2.45. The van der Waals surface area contributed by atoms with Crippen LogP contribution in [0, 0.1) is 5.92 Å². The highest BCUT2D eigenvalue weighted by Crippen LogP contribution is 2.27. The highest BCUT2D eigenvalue weighted by Gasteiger charge is 2.34. The lowest BCUT2D eigenvalue weighted by Gasteiger charge is -2.37. The van der Waals surface area contributed by atoms with Gasteiger partial charge in [-0.25, -0.2) is 0 Å². The molecule has 13 heavy (non-hydrogen) atoms. The van der Waals surface area contributed by atoms with Crippen molar-refractivity contribution in [2.75, 3.05) is 6.61 Å². The summed E-state index contributed by atoms with van der Waals surface area (Å²) in [6.45, 7) is 4.05. The molecule has 4 atom stereocenters. The van der Waals surface area contributed by atoms with Crippen molar-refractivity contribution in [2.45, 2.75) is 51.4 Å². The third kappa shape index (κ3) is 2.66. The Bertz CT molecular complexity index is 149. The Morgan fingerprint density at radius 3 is 2.69 bits per heavy atom. The molecule has 0 aromatic rings. The van der Waals surface area contributed by atoms with Crippen molar-refractivity contribution in [1.82, 2.24) is 0 Å². The molecule has 0 spiro atoms. The van der Waals surface area contributed by atoms with Crippen LogP contribution in [-0.2, 0) is 4.74 Å². The molecule has 0 amide bonds. The number of aliphatic hydroxyl groups excluding tert-OH is 2. The molecule has 0 radical (unpaired) electrons. The Kier molecular flexibility index (Phi) is 4.16. The Morgan fingerprint density at radius 2 is 2.15 bits per heavy atom. The number of hydrogen-bond donors (Lipinski definition) is 2. The standard InChI is InChI=1S/C10H20O3/c1-3-4-8-5-7(2)10(12)9(6-11)13-8/h7-12H,3-6H2,1-2H3. The lowest BCUT2D eigenvalue weighted by molar-refractivity contribution is -0.156. The number of rotatable bonds is 3. The van der Waals surface area contributed by atoms with Gasteiger partial charge in [-0.1, -0.05) is 20.3 Å². The zero-order valence-corrected chi connectivity index (χ0v) is 8.44. The third-order valence-electron chi connectivity index (χ3n) is 2.76. The zero-order chi connectivity index (χ0) is 9.84. The Labute approximate surface area is 79.7 Å². The smallest absolute Gasteiger partial charge is 0.107 e. The fourth-order valence-corrected chi connectivity index (χ4v) is 1.96. The highest BCUT2D eigenvalue weighted by atomic mass is 16.5. The van der Waals surface area contributed by atoms with Crippen LogP contribution in [0.2, 0.25) is 0 Å². The molecule has 1 aliphatic heterocycles. The van der Waals surface area contributed by atoms with Gasteiger partial charge >= 0.3 is 0 Å². The summed E-state index contributed by atoms with van der Waals surface area (Å²) in [6, 6.07) is 0. The van der Waals surface area contributed by atoms with E-state index in [1.807, 2.05) is 6.92 Å². The molecule has 0 saturated carbocycles. The Balaban J connectivity index is 2.47. The average molecular weight is 188 g/mol. The Morgan fingerprint density at radius 1 is 1.46 bits per heavy atom. The van der Waals surface area contributed by atoms with E-state index in [4.69, 9.17) is 9.84 Å². The van der Waals surface area contributed by atoms with Gasteiger partial charge in [-0.15, -0.1) is 0 Å². The number of ether oxygens (including phenoxy) is 1. The van der Waals surface area contributed by atoms with Crippen LogP contribution < -0.4 is 0 Å². The van der Waals surface area contributed by atoms with E-state index >= 15 is 0 Å². The van der Waals surface area contributed by atoms with Gasteiger partial charge in [-0.05, 0) is 18.8 Å². The second kappa shape index (κ2) is 4.94. The quantitative estimate of drug-likeness (QED) is 0.693. The molecular formula is C10H20O3. The molecule has 1 saturated heterocycles. The second-order valence-corrected chi connectivity index (χ2v) is 3.97. The van der Waals surface area contributed by atoms with Gasteiger partial charge in [0.1, 0.15) is 6.10 Å². The first-order chi connectivity index (χ1) is 6.19. The molecule has 3 nitrogen and oxygen atoms in total. The van der Waals surface area contributed by atoms with Crippen LogP contribution in [0.25, 0.3) is 0 Å². The molecule has 4 unspecified atom stereocenters. The van der Waals surface area contributed by atoms with Crippen LogP contribution in [-0.4, -0.2) is 35.1 Å². The minimum absolute atomic E-state index is 0.0777. The van der Waals surface area contributed by atoms with Gasteiger partial charge in [0, 0.05) is 0 Å². The number of aliphatic hydroxyl groups is 2. The van der Waals surface area contributed by atoms with Crippen molar-refractivity contribution in [3.05, 3.63) is 0 Å². The first-order valence-electron chi connectivity index (χ1n) is 5.13. The van der Waals surface area contributed by atoms with Gasteiger partial charge in [0.15, 0.2) is 0 Å². The van der Waals surface area contributed by atoms with Gasteiger partial charge in [-0.3, -0.25) is 0 Å². The monoisotopic (exact) mass is 188 g/mol. The second-order valence-electron chi connectivity index (χ2n) is 3.97. The van der Waals surface area contributed by atoms with Crippen molar-refractivity contribution >= 4 is 0 Å². The number of hydrogen-bond acceptors (Lipinski definition) is 3. The van der Waals surface area contributed by atoms with Crippen molar-refractivity contribution in [1.29, 1.82) is 0 Å². The van der Waals surface area contributed by atoms with E-state index in [0.29, 0.717) is 0 Å². The van der Waals surface area contributed by atoms with E-state index in [1.54, 1.807) is 0 Å². The maximum atomic E-state index is 9.64. The summed E-state index contributed by atoms with van der Waals surface area (Å²) in [5.74, 6) is 0.238. The van der Waals surface area contributed by atoms with Crippen LogP contribution in [0.5, 0.6) is 0 Å². The first-order valence-corrected chi connectivity index (χ1v) is 5.13. The van der Waals surface area contributed by atoms with Gasteiger partial charge in [0.25, 0.3) is 0 Å². The molecule has 0 aromatic carbocycles. The normalized spacial score (nSPS) is 40.6. The molecule has 1 aliphatic rings. The van der Waals surface area contributed by atoms with Gasteiger partial charge < -0.3 is 14.9 Å². The van der Waals surface area contributed by atoms with E-state index < -0.39 is 6.10 Å². The Hall–Kier alpha value is -0.120. The van der Waals surface area contributed by atoms with Gasteiger partial charge in [-0.2, -0.15) is 0 Å². The molecule has 1 rings (SSSR count). The molecule has 0 aromatic heterocycles. The highest BCUT2D eigenvalue weighted by molar-refractivity contribution is 4.82. The maximum Gasteiger partial charge on any atom is 0.107 e. The van der Waals surface area contributed by atoms with Crippen molar-refractivity contribution < 1.29 is 14.9 Å².